The smallest absolute Gasteiger partial charge is 0.0573 e. The second-order valence-electron chi connectivity index (χ2n) is 5.02. The first kappa shape index (κ1) is 15.2. The average molecular weight is 248 g/mol. The molecule has 0 fully saturated rings. The summed E-state index contributed by atoms with van der Waals surface area (Å²) in [5, 5.41) is 3.58. The number of nitrogens with zero attached hydrogens (tertiary/aromatic N) is 1. The molecule has 2 unspecified atom stereocenters. The van der Waals surface area contributed by atoms with Crippen LogP contribution in [-0.4, -0.2) is 11.5 Å². The first-order valence-electron chi connectivity index (χ1n) is 7.46. The Morgan fingerprint density at radius 1 is 1.22 bits per heavy atom. The van der Waals surface area contributed by atoms with Crippen LogP contribution in [0.5, 0.6) is 0 Å². The van der Waals surface area contributed by atoms with E-state index in [0.29, 0.717) is 6.04 Å². The third-order valence-electron chi connectivity index (χ3n) is 3.61. The van der Waals surface area contributed by atoms with E-state index in [-0.39, 0.29) is 0 Å². The molecule has 1 aromatic heterocycles. The molecule has 1 heterocycles. The molecule has 0 bridgehead atoms. The summed E-state index contributed by atoms with van der Waals surface area (Å²) in [5.41, 5.74) is 1.19. The van der Waals surface area contributed by atoms with Gasteiger partial charge in [0.25, 0.3) is 0 Å². The zero-order chi connectivity index (χ0) is 13.2. The quantitative estimate of drug-likeness (QED) is 0.703. The van der Waals surface area contributed by atoms with E-state index in [1.165, 1.54) is 37.8 Å². The Morgan fingerprint density at radius 3 is 2.61 bits per heavy atom. The summed E-state index contributed by atoms with van der Waals surface area (Å²) in [4.78, 5) is 4.50. The van der Waals surface area contributed by atoms with Crippen molar-refractivity contribution >= 4 is 0 Å². The van der Waals surface area contributed by atoms with Crippen LogP contribution in [0.4, 0.5) is 0 Å². The van der Waals surface area contributed by atoms with Gasteiger partial charge in [-0.15, -0.1) is 0 Å². The van der Waals surface area contributed by atoms with Crippen molar-refractivity contribution in [2.75, 3.05) is 6.54 Å². The number of unbranched alkanes of at least 4 members (excludes halogenated alkanes) is 1. The highest BCUT2D eigenvalue weighted by molar-refractivity contribution is 5.08. The Bertz CT molecular complexity index is 297. The lowest BCUT2D eigenvalue weighted by molar-refractivity contribution is 0.353. The first-order valence-corrected chi connectivity index (χ1v) is 7.46. The predicted octanol–water partition coefficient (Wildman–Crippen LogP) is 4.34. The molecule has 2 heteroatoms. The van der Waals surface area contributed by atoms with E-state index >= 15 is 0 Å². The minimum atomic E-state index is 0.415. The van der Waals surface area contributed by atoms with Crippen LogP contribution in [0.3, 0.4) is 0 Å². The molecule has 0 aliphatic rings. The van der Waals surface area contributed by atoms with Gasteiger partial charge in [0.05, 0.1) is 5.69 Å². The average Bonchev–Trinajstić information content (AvgIpc) is 2.43. The molecule has 18 heavy (non-hydrogen) atoms. The molecule has 0 aliphatic carbocycles. The van der Waals surface area contributed by atoms with Crippen molar-refractivity contribution in [2.24, 2.45) is 5.92 Å². The van der Waals surface area contributed by atoms with Gasteiger partial charge in [-0.2, -0.15) is 0 Å². The van der Waals surface area contributed by atoms with Crippen LogP contribution in [0.25, 0.3) is 0 Å². The SMILES string of the molecule is CCCCC(CC)CC(NCC)c1ccccn1. The summed E-state index contributed by atoms with van der Waals surface area (Å²) in [7, 11) is 0. The van der Waals surface area contributed by atoms with Crippen LogP contribution in [0, 0.1) is 5.92 Å². The minimum absolute atomic E-state index is 0.415. The van der Waals surface area contributed by atoms with E-state index in [0.717, 1.165) is 12.5 Å². The van der Waals surface area contributed by atoms with Gasteiger partial charge in [-0.05, 0) is 31.0 Å². The Kier molecular flexibility index (Phi) is 7.66. The van der Waals surface area contributed by atoms with Crippen molar-refractivity contribution < 1.29 is 0 Å². The third-order valence-corrected chi connectivity index (χ3v) is 3.61. The monoisotopic (exact) mass is 248 g/mol. The van der Waals surface area contributed by atoms with Gasteiger partial charge in [0.1, 0.15) is 0 Å². The van der Waals surface area contributed by atoms with Crippen LogP contribution in [0.15, 0.2) is 24.4 Å². The fraction of sp³-hybridized carbons (Fsp3) is 0.688. The van der Waals surface area contributed by atoms with Crippen LogP contribution in [0.1, 0.15) is 64.6 Å². The van der Waals surface area contributed by atoms with Gasteiger partial charge in [0.15, 0.2) is 0 Å². The van der Waals surface area contributed by atoms with Gasteiger partial charge in [-0.1, -0.05) is 52.5 Å². The lowest BCUT2D eigenvalue weighted by Gasteiger charge is -2.23. The Hall–Kier alpha value is -0.890. The maximum Gasteiger partial charge on any atom is 0.0573 e. The Balaban J connectivity index is 2.61. The van der Waals surface area contributed by atoms with Gasteiger partial charge in [0, 0.05) is 12.2 Å². The highest BCUT2D eigenvalue weighted by Crippen LogP contribution is 2.25. The van der Waals surface area contributed by atoms with Crippen LogP contribution in [0.2, 0.25) is 0 Å². The van der Waals surface area contributed by atoms with Crippen molar-refractivity contribution in [3.63, 3.8) is 0 Å². The normalized spacial score (nSPS) is 14.4. The molecule has 0 saturated carbocycles. The molecule has 0 radical (unpaired) electrons. The highest BCUT2D eigenvalue weighted by Gasteiger charge is 2.16. The second-order valence-corrected chi connectivity index (χ2v) is 5.02. The van der Waals surface area contributed by atoms with Gasteiger partial charge in [0.2, 0.25) is 0 Å². The summed E-state index contributed by atoms with van der Waals surface area (Å²) >= 11 is 0. The van der Waals surface area contributed by atoms with Crippen molar-refractivity contribution in [2.45, 2.75) is 58.9 Å². The number of pyridine rings is 1. The van der Waals surface area contributed by atoms with Gasteiger partial charge in [-0.3, -0.25) is 4.98 Å². The van der Waals surface area contributed by atoms with E-state index < -0.39 is 0 Å². The molecule has 2 atom stereocenters. The third kappa shape index (κ3) is 5.18. The number of rotatable bonds is 9. The maximum absolute atomic E-state index is 4.50. The zero-order valence-electron chi connectivity index (χ0n) is 12.2. The van der Waals surface area contributed by atoms with Gasteiger partial charge >= 0.3 is 0 Å². The number of aromatic nitrogens is 1. The maximum atomic E-state index is 4.50. The van der Waals surface area contributed by atoms with Crippen LogP contribution in [-0.2, 0) is 0 Å². The molecule has 2 nitrogen and oxygen atoms in total. The molecule has 102 valence electrons. The summed E-state index contributed by atoms with van der Waals surface area (Å²) in [5.74, 6) is 0.816. The van der Waals surface area contributed by atoms with Crippen molar-refractivity contribution in [3.05, 3.63) is 30.1 Å². The Labute approximate surface area is 112 Å². The first-order chi connectivity index (χ1) is 8.81. The molecule has 0 amide bonds. The summed E-state index contributed by atoms with van der Waals surface area (Å²) in [6.07, 6.45) is 8.37. The fourth-order valence-electron chi connectivity index (χ4n) is 2.45. The summed E-state index contributed by atoms with van der Waals surface area (Å²) in [6, 6.07) is 6.62. The predicted molar refractivity (Wildman–Crippen MR) is 78.6 cm³/mol. The zero-order valence-corrected chi connectivity index (χ0v) is 12.2. The highest BCUT2D eigenvalue weighted by atomic mass is 14.9. The van der Waals surface area contributed by atoms with Crippen molar-refractivity contribution in [1.29, 1.82) is 0 Å². The van der Waals surface area contributed by atoms with Crippen molar-refractivity contribution in [1.82, 2.24) is 10.3 Å². The Morgan fingerprint density at radius 2 is 2.06 bits per heavy atom. The van der Waals surface area contributed by atoms with Crippen molar-refractivity contribution in [3.8, 4) is 0 Å². The number of nitrogens with one attached hydrogen (secondary N) is 1. The molecular weight excluding hydrogens is 220 g/mol. The fourth-order valence-corrected chi connectivity index (χ4v) is 2.45. The summed E-state index contributed by atoms with van der Waals surface area (Å²) in [6.45, 7) is 7.75. The largest absolute Gasteiger partial charge is 0.309 e. The molecule has 0 spiro atoms. The van der Waals surface area contributed by atoms with Crippen LogP contribution >= 0.6 is 0 Å². The number of hydrogen-bond donors (Lipinski definition) is 1. The van der Waals surface area contributed by atoms with Gasteiger partial charge in [-0.25, -0.2) is 0 Å². The lowest BCUT2D eigenvalue weighted by atomic mass is 9.90. The van der Waals surface area contributed by atoms with E-state index in [1.54, 1.807) is 0 Å². The van der Waals surface area contributed by atoms with E-state index in [1.807, 2.05) is 12.3 Å². The lowest BCUT2D eigenvalue weighted by Crippen LogP contribution is -2.24. The topological polar surface area (TPSA) is 24.9 Å². The molecule has 0 saturated heterocycles. The molecule has 0 aromatic carbocycles. The van der Waals surface area contributed by atoms with Gasteiger partial charge < -0.3 is 5.32 Å². The minimum Gasteiger partial charge on any atom is -0.309 e. The van der Waals surface area contributed by atoms with E-state index in [9.17, 15) is 0 Å². The van der Waals surface area contributed by atoms with Crippen LogP contribution < -0.4 is 5.32 Å². The molecule has 1 rings (SSSR count). The molecule has 0 aliphatic heterocycles. The van der Waals surface area contributed by atoms with E-state index in [4.69, 9.17) is 0 Å². The summed E-state index contributed by atoms with van der Waals surface area (Å²) < 4.78 is 0. The second kappa shape index (κ2) is 9.09. The number of hydrogen-bond acceptors (Lipinski definition) is 2. The molecule has 1 aromatic rings. The standard InChI is InChI=1S/C16H28N2/c1-4-7-10-14(5-2)13-16(17-6-3)15-11-8-9-12-18-15/h8-9,11-12,14,16-17H,4-7,10,13H2,1-3H3. The molecule has 1 N–H and O–H groups in total. The van der Waals surface area contributed by atoms with E-state index in [2.05, 4.69) is 43.2 Å². The molecular formula is C16H28N2.